The molecule has 1 heterocycles. The molecule has 2 aliphatic rings. The van der Waals surface area contributed by atoms with Crippen LogP contribution < -0.4 is 4.90 Å². The van der Waals surface area contributed by atoms with Gasteiger partial charge in [-0.2, -0.15) is 0 Å². The van der Waals surface area contributed by atoms with E-state index in [2.05, 4.69) is 214 Å². The highest BCUT2D eigenvalue weighted by molar-refractivity contribution is 5.95. The Morgan fingerprint density at radius 1 is 0.678 bits per heavy atom. The molecular weight excluding hydrogens is 715 g/mol. The summed E-state index contributed by atoms with van der Waals surface area (Å²) in [5.41, 5.74) is 17.5. The molecule has 2 aliphatic carbocycles. The van der Waals surface area contributed by atoms with E-state index in [4.69, 9.17) is 5.41 Å². The van der Waals surface area contributed by atoms with Crippen LogP contribution in [0.5, 0.6) is 0 Å². The number of anilines is 3. The normalized spacial score (nSPS) is 13.3. The molecule has 1 aromatic heterocycles. The van der Waals surface area contributed by atoms with Gasteiger partial charge in [-0.25, -0.2) is 0 Å². The van der Waals surface area contributed by atoms with Crippen molar-refractivity contribution in [2.45, 2.75) is 80.6 Å². The summed E-state index contributed by atoms with van der Waals surface area (Å²) in [7, 11) is 0. The fourth-order valence-corrected chi connectivity index (χ4v) is 8.18. The van der Waals surface area contributed by atoms with Gasteiger partial charge >= 0.3 is 0 Å². The number of benzene rings is 6. The molecule has 7 aromatic rings. The minimum absolute atomic E-state index is 0.544. The highest BCUT2D eigenvalue weighted by Gasteiger charge is 2.40. The molecular formula is C56H63N3. The van der Waals surface area contributed by atoms with Gasteiger partial charge in [0.15, 0.2) is 0 Å². The zero-order valence-electron chi connectivity index (χ0n) is 36.5. The predicted molar refractivity (Wildman–Crippen MR) is 259 cm³/mol. The molecule has 0 bridgehead atoms. The lowest BCUT2D eigenvalue weighted by Gasteiger charge is -2.26. The van der Waals surface area contributed by atoms with Crippen LogP contribution in [-0.2, 0) is 12.8 Å². The summed E-state index contributed by atoms with van der Waals surface area (Å²) in [5.74, 6) is 1.17. The van der Waals surface area contributed by atoms with Crippen molar-refractivity contribution in [3.05, 3.63) is 203 Å². The van der Waals surface area contributed by atoms with E-state index in [-0.39, 0.29) is 0 Å². The highest BCUT2D eigenvalue weighted by Crippen LogP contribution is 2.57. The monoisotopic (exact) mass is 778 g/mol. The Hall–Kier alpha value is -6.19. The van der Waals surface area contributed by atoms with Gasteiger partial charge in [0.25, 0.3) is 0 Å². The van der Waals surface area contributed by atoms with Crippen LogP contribution in [-0.4, -0.2) is 11.3 Å². The van der Waals surface area contributed by atoms with Crippen LogP contribution in [0.3, 0.4) is 0 Å². The average Bonchev–Trinajstić information content (AvgIpc) is 3.98. The topological polar surface area (TPSA) is 32.0 Å². The minimum atomic E-state index is 0.544. The molecule has 1 unspecified atom stereocenters. The van der Waals surface area contributed by atoms with Crippen LogP contribution in [0, 0.1) is 18.3 Å². The summed E-state index contributed by atoms with van der Waals surface area (Å²) in [4.78, 5) is 2.36. The lowest BCUT2D eigenvalue weighted by Crippen LogP contribution is -2.09. The van der Waals surface area contributed by atoms with E-state index in [0.29, 0.717) is 11.8 Å². The number of aryl methyl sites for hydroxylation is 3. The van der Waals surface area contributed by atoms with Gasteiger partial charge in [0.1, 0.15) is 0 Å². The molecule has 0 fully saturated rings. The molecule has 0 aliphatic heterocycles. The first-order chi connectivity index (χ1) is 29.0. The quantitative estimate of drug-likeness (QED) is 0.153. The molecule has 59 heavy (non-hydrogen) atoms. The van der Waals surface area contributed by atoms with Crippen molar-refractivity contribution in [1.82, 2.24) is 4.57 Å². The van der Waals surface area contributed by atoms with Gasteiger partial charge < -0.3 is 14.9 Å². The van der Waals surface area contributed by atoms with Crippen molar-refractivity contribution in [2.75, 3.05) is 4.90 Å². The predicted octanol–water partition coefficient (Wildman–Crippen LogP) is 16.1. The number of allylic oxidation sites excluding steroid dienone is 3. The number of para-hydroxylation sites is 2. The Morgan fingerprint density at radius 3 is 1.85 bits per heavy atom. The standard InChI is InChI=1S/C32H28N2.C19H20.2C2H6.CH3N/c1-2-24-17-19-27(20-18-24)33(25-11-5-3-6-12-25)28-21-22-32-30(23-28)29-15-9-10-16-31(29)34(32)26-13-7-4-8-14-26;1-13(2)17-18(15-10-5-4-6-11-15)19(17)16-12-8-7-9-14(16)3;3*1-2/h3-8,10-14,16-23H,2,9,15H2,1H3;4-13,18H,1-3H3;2*1-2H3;2H,1H2. The van der Waals surface area contributed by atoms with Crippen molar-refractivity contribution in [1.29, 1.82) is 5.41 Å². The van der Waals surface area contributed by atoms with Crippen molar-refractivity contribution >= 4 is 46.3 Å². The van der Waals surface area contributed by atoms with Crippen molar-refractivity contribution in [3.8, 4) is 5.69 Å². The molecule has 0 radical (unpaired) electrons. The highest BCUT2D eigenvalue weighted by atomic mass is 15.1. The van der Waals surface area contributed by atoms with Crippen LogP contribution in [0.15, 0.2) is 169 Å². The smallest absolute Gasteiger partial charge is 0.0539 e. The first kappa shape index (κ1) is 43.9. The van der Waals surface area contributed by atoms with Gasteiger partial charge in [-0.1, -0.05) is 163 Å². The van der Waals surface area contributed by atoms with Crippen LogP contribution >= 0.6 is 0 Å². The molecule has 1 N–H and O–H groups in total. The average molecular weight is 778 g/mol. The molecule has 302 valence electrons. The largest absolute Gasteiger partial charge is 0.317 e. The third kappa shape index (κ3) is 9.75. The number of hydrogen-bond acceptors (Lipinski definition) is 2. The second-order valence-corrected chi connectivity index (χ2v) is 14.6. The lowest BCUT2D eigenvalue weighted by molar-refractivity contribution is 0.775. The molecule has 6 aromatic carbocycles. The molecule has 0 spiro atoms. The van der Waals surface area contributed by atoms with E-state index in [9.17, 15) is 0 Å². The van der Waals surface area contributed by atoms with Crippen LogP contribution in [0.25, 0.3) is 28.2 Å². The van der Waals surface area contributed by atoms with Crippen LogP contribution in [0.4, 0.5) is 17.1 Å². The van der Waals surface area contributed by atoms with E-state index in [1.807, 2.05) is 27.7 Å². The summed E-state index contributed by atoms with van der Waals surface area (Å²) in [6, 6.07) is 56.9. The first-order valence-corrected chi connectivity index (χ1v) is 21.6. The summed E-state index contributed by atoms with van der Waals surface area (Å²) in [6.45, 7) is 19.5. The fraction of sp³-hybridized carbons (Fsp3) is 0.232. The van der Waals surface area contributed by atoms with Gasteiger partial charge in [0.05, 0.1) is 5.52 Å². The Morgan fingerprint density at radius 2 is 1.24 bits per heavy atom. The zero-order chi connectivity index (χ0) is 42.3. The van der Waals surface area contributed by atoms with E-state index >= 15 is 0 Å². The van der Waals surface area contributed by atoms with Gasteiger partial charge in [0, 0.05) is 39.7 Å². The lowest BCUT2D eigenvalue weighted by atomic mass is 9.99. The molecule has 0 saturated heterocycles. The Bertz CT molecular complexity index is 2420. The maximum absolute atomic E-state index is 5.50. The number of rotatable bonds is 8. The molecule has 0 saturated carbocycles. The third-order valence-corrected chi connectivity index (χ3v) is 10.8. The summed E-state index contributed by atoms with van der Waals surface area (Å²) in [5, 5.41) is 6.84. The molecule has 3 nitrogen and oxygen atoms in total. The van der Waals surface area contributed by atoms with E-state index in [1.54, 1.807) is 11.1 Å². The SMILES string of the molecule is C=N.CC.CC.CCc1ccc(N(c2ccccc2)c2ccc3c(c2)c2c(n3-c3ccccc3)C=CCC2)cc1.Cc1ccccc1C1=C(C(C)C)C1c1ccccc1. The molecule has 1 atom stereocenters. The summed E-state index contributed by atoms with van der Waals surface area (Å²) in [6.07, 6.45) is 7.80. The third-order valence-electron chi connectivity index (χ3n) is 10.8. The van der Waals surface area contributed by atoms with Crippen LogP contribution in [0.1, 0.15) is 94.3 Å². The maximum Gasteiger partial charge on any atom is 0.0539 e. The second-order valence-electron chi connectivity index (χ2n) is 14.6. The fourth-order valence-electron chi connectivity index (χ4n) is 8.18. The Labute approximate surface area is 354 Å². The number of hydrogen-bond donors (Lipinski definition) is 1. The van der Waals surface area contributed by atoms with E-state index < -0.39 is 0 Å². The van der Waals surface area contributed by atoms with E-state index in [1.165, 1.54) is 67.2 Å². The molecule has 3 heteroatoms. The Kier molecular flexibility index (Phi) is 16.0. The first-order valence-electron chi connectivity index (χ1n) is 21.6. The Balaban J connectivity index is 0.000000224. The van der Waals surface area contributed by atoms with Crippen molar-refractivity contribution in [2.24, 2.45) is 5.92 Å². The molecule has 0 amide bonds. The van der Waals surface area contributed by atoms with Gasteiger partial charge in [0.2, 0.25) is 0 Å². The minimum Gasteiger partial charge on any atom is -0.317 e. The number of nitrogens with one attached hydrogen (secondary N) is 1. The van der Waals surface area contributed by atoms with Gasteiger partial charge in [-0.05, 0) is 133 Å². The second kappa shape index (κ2) is 21.5. The number of aromatic nitrogens is 1. The maximum atomic E-state index is 5.50. The number of fused-ring (bicyclic) bond motifs is 3. The van der Waals surface area contributed by atoms with Crippen molar-refractivity contribution < 1.29 is 0 Å². The van der Waals surface area contributed by atoms with Gasteiger partial charge in [-0.15, -0.1) is 0 Å². The number of nitrogens with zero attached hydrogens (tertiary/aromatic N) is 2. The van der Waals surface area contributed by atoms with E-state index in [0.717, 1.165) is 19.3 Å². The van der Waals surface area contributed by atoms with Crippen molar-refractivity contribution in [3.63, 3.8) is 0 Å². The zero-order valence-corrected chi connectivity index (χ0v) is 36.5. The van der Waals surface area contributed by atoms with Gasteiger partial charge in [-0.3, -0.25) is 0 Å². The summed E-state index contributed by atoms with van der Waals surface area (Å²) < 4.78 is 2.41. The molecule has 9 rings (SSSR count). The van der Waals surface area contributed by atoms with Crippen LogP contribution in [0.2, 0.25) is 0 Å². The summed E-state index contributed by atoms with van der Waals surface area (Å²) >= 11 is 0.